The molecule has 0 saturated carbocycles. The molecule has 0 bridgehead atoms. The van der Waals surface area contributed by atoms with Crippen LogP contribution in [0.3, 0.4) is 0 Å². The zero-order valence-electron chi connectivity index (χ0n) is 19.6. The zero-order chi connectivity index (χ0) is 22.2. The van der Waals surface area contributed by atoms with E-state index in [9.17, 15) is 4.79 Å². The van der Waals surface area contributed by atoms with Gasteiger partial charge in [-0.15, -0.1) is 0 Å². The van der Waals surface area contributed by atoms with Gasteiger partial charge in [0.2, 0.25) is 5.79 Å². The molecule has 0 spiro atoms. The molecule has 2 aromatic carbocycles. The van der Waals surface area contributed by atoms with E-state index in [0.717, 1.165) is 23.1 Å². The van der Waals surface area contributed by atoms with Gasteiger partial charge in [0.1, 0.15) is 5.78 Å². The van der Waals surface area contributed by atoms with Crippen LogP contribution in [0.25, 0.3) is 0 Å². The van der Waals surface area contributed by atoms with Crippen molar-refractivity contribution in [3.05, 3.63) is 70.3 Å². The van der Waals surface area contributed by atoms with E-state index in [2.05, 4.69) is 45.9 Å². The van der Waals surface area contributed by atoms with Crippen LogP contribution >= 0.6 is 0 Å². The molecule has 0 amide bonds. The predicted molar refractivity (Wildman–Crippen MR) is 122 cm³/mol. The number of hydrogen-bond acceptors (Lipinski definition) is 3. The lowest BCUT2D eigenvalue weighted by Gasteiger charge is -2.42. The van der Waals surface area contributed by atoms with Gasteiger partial charge in [0, 0.05) is 26.2 Å². The van der Waals surface area contributed by atoms with E-state index < -0.39 is 5.79 Å². The summed E-state index contributed by atoms with van der Waals surface area (Å²) in [7, 11) is 3.19. The molecule has 3 heteroatoms. The maximum Gasteiger partial charge on any atom is 0.201 e. The molecule has 0 heterocycles. The number of methoxy groups -OCH3 is 2. The van der Waals surface area contributed by atoms with Gasteiger partial charge in [-0.05, 0) is 47.3 Å². The van der Waals surface area contributed by atoms with Crippen LogP contribution in [0.5, 0.6) is 0 Å². The third-order valence-electron chi connectivity index (χ3n) is 6.90. The van der Waals surface area contributed by atoms with Crippen molar-refractivity contribution >= 4 is 5.78 Å². The zero-order valence-corrected chi connectivity index (χ0v) is 19.6. The van der Waals surface area contributed by atoms with Gasteiger partial charge in [0.15, 0.2) is 0 Å². The Morgan fingerprint density at radius 2 is 1.47 bits per heavy atom. The maximum atomic E-state index is 13.1. The van der Waals surface area contributed by atoms with E-state index in [0.29, 0.717) is 6.42 Å². The lowest BCUT2D eigenvalue weighted by Crippen LogP contribution is -2.35. The number of carbonyl (C=O) groups is 1. The first-order chi connectivity index (χ1) is 14.0. The van der Waals surface area contributed by atoms with Crippen LogP contribution in [0.2, 0.25) is 0 Å². The molecule has 1 aliphatic carbocycles. The topological polar surface area (TPSA) is 35.5 Å². The Bertz CT molecular complexity index is 902. The smallest absolute Gasteiger partial charge is 0.201 e. The fraction of sp³-hybridized carbons (Fsp3) is 0.519. The van der Waals surface area contributed by atoms with Gasteiger partial charge < -0.3 is 9.47 Å². The molecule has 0 saturated heterocycles. The van der Waals surface area contributed by atoms with Crippen molar-refractivity contribution in [3.8, 4) is 0 Å². The summed E-state index contributed by atoms with van der Waals surface area (Å²) in [5.74, 6) is -0.952. The number of benzene rings is 2. The van der Waals surface area contributed by atoms with Gasteiger partial charge in [-0.2, -0.15) is 0 Å². The van der Waals surface area contributed by atoms with E-state index in [-0.39, 0.29) is 23.0 Å². The second kappa shape index (κ2) is 8.28. The Morgan fingerprint density at radius 1 is 0.900 bits per heavy atom. The second-order valence-corrected chi connectivity index (χ2v) is 10.1. The molecule has 30 heavy (non-hydrogen) atoms. The Balaban J connectivity index is 1.84. The lowest BCUT2D eigenvalue weighted by atomic mass is 9.63. The van der Waals surface area contributed by atoms with Gasteiger partial charge in [-0.1, -0.05) is 75.7 Å². The normalized spacial score (nSPS) is 17.4. The number of aryl methyl sites for hydroxylation is 1. The molecule has 162 valence electrons. The van der Waals surface area contributed by atoms with Crippen LogP contribution in [-0.2, 0) is 37.3 Å². The molecule has 0 atom stereocenters. The summed E-state index contributed by atoms with van der Waals surface area (Å²) in [6, 6.07) is 14.6. The molecule has 0 aliphatic heterocycles. The van der Waals surface area contributed by atoms with E-state index in [1.54, 1.807) is 14.2 Å². The van der Waals surface area contributed by atoms with Crippen molar-refractivity contribution in [1.82, 2.24) is 0 Å². The highest BCUT2D eigenvalue weighted by atomic mass is 16.7. The molecule has 3 nitrogen and oxygen atoms in total. The Hall–Kier alpha value is -1.97. The number of rotatable bonds is 7. The quantitative estimate of drug-likeness (QED) is 0.528. The first-order valence-corrected chi connectivity index (χ1v) is 10.9. The molecular formula is C27H36O3. The number of fused-ring (bicyclic) bond motifs is 1. The van der Waals surface area contributed by atoms with Crippen LogP contribution in [0.1, 0.15) is 74.8 Å². The van der Waals surface area contributed by atoms with E-state index in [1.807, 2.05) is 31.2 Å². The highest BCUT2D eigenvalue weighted by Gasteiger charge is 2.38. The number of ether oxygens (including phenoxy) is 2. The number of Topliss-reactive ketones (excluding diaryl/α,β-unsaturated/α-hetero) is 1. The molecule has 1 aliphatic rings. The number of hydrogen-bond donors (Lipinski definition) is 0. The molecule has 3 rings (SSSR count). The molecule has 0 fully saturated rings. The Morgan fingerprint density at radius 3 is 2.03 bits per heavy atom. The average Bonchev–Trinajstić information content (AvgIpc) is 2.70. The third kappa shape index (κ3) is 4.38. The monoisotopic (exact) mass is 408 g/mol. The van der Waals surface area contributed by atoms with Crippen molar-refractivity contribution in [2.75, 3.05) is 14.2 Å². The van der Waals surface area contributed by atoms with Crippen molar-refractivity contribution < 1.29 is 14.3 Å². The molecule has 0 aromatic heterocycles. The van der Waals surface area contributed by atoms with E-state index in [4.69, 9.17) is 9.47 Å². The van der Waals surface area contributed by atoms with Crippen LogP contribution in [0.4, 0.5) is 0 Å². The Labute approximate surface area is 181 Å². The van der Waals surface area contributed by atoms with E-state index in [1.165, 1.54) is 17.5 Å². The van der Waals surface area contributed by atoms with Crippen molar-refractivity contribution in [2.45, 2.75) is 76.9 Å². The first-order valence-electron chi connectivity index (χ1n) is 10.9. The average molecular weight is 409 g/mol. The summed E-state index contributed by atoms with van der Waals surface area (Å²) in [5, 5.41) is 0. The van der Waals surface area contributed by atoms with Crippen LogP contribution in [0.15, 0.2) is 42.5 Å². The first kappa shape index (κ1) is 22.7. The van der Waals surface area contributed by atoms with Crippen molar-refractivity contribution in [3.63, 3.8) is 0 Å². The third-order valence-corrected chi connectivity index (χ3v) is 6.90. The van der Waals surface area contributed by atoms with E-state index >= 15 is 0 Å². The molecule has 0 unspecified atom stereocenters. The lowest BCUT2D eigenvalue weighted by molar-refractivity contribution is -0.218. The Kier molecular flexibility index (Phi) is 6.27. The number of carbonyl (C=O) groups excluding carboxylic acids is 1. The highest BCUT2D eigenvalue weighted by Crippen LogP contribution is 2.46. The minimum Gasteiger partial charge on any atom is -0.349 e. The summed E-state index contributed by atoms with van der Waals surface area (Å²) >= 11 is 0. The van der Waals surface area contributed by atoms with Crippen molar-refractivity contribution in [2.24, 2.45) is 0 Å². The van der Waals surface area contributed by atoms with Gasteiger partial charge in [-0.3, -0.25) is 4.79 Å². The molecule has 0 radical (unpaired) electrons. The van der Waals surface area contributed by atoms with Crippen LogP contribution < -0.4 is 0 Å². The molecule has 0 N–H and O–H groups in total. The fourth-order valence-corrected chi connectivity index (χ4v) is 4.67. The summed E-state index contributed by atoms with van der Waals surface area (Å²) in [6.45, 7) is 11.3. The summed E-state index contributed by atoms with van der Waals surface area (Å²) in [6.07, 6.45) is 2.90. The van der Waals surface area contributed by atoms with Gasteiger partial charge in [0.05, 0.1) is 6.42 Å². The van der Waals surface area contributed by atoms with Gasteiger partial charge in [-0.25, -0.2) is 0 Å². The second-order valence-electron chi connectivity index (χ2n) is 10.1. The minimum atomic E-state index is -1.06. The van der Waals surface area contributed by atoms with Crippen LogP contribution in [-0.4, -0.2) is 20.0 Å². The van der Waals surface area contributed by atoms with Gasteiger partial charge in [0.25, 0.3) is 0 Å². The predicted octanol–water partition coefficient (Wildman–Crippen LogP) is 5.99. The summed E-state index contributed by atoms with van der Waals surface area (Å²) in [4.78, 5) is 13.1. The maximum absolute atomic E-state index is 13.1. The molecule has 2 aromatic rings. The fourth-order valence-electron chi connectivity index (χ4n) is 4.67. The van der Waals surface area contributed by atoms with Gasteiger partial charge >= 0.3 is 0 Å². The van der Waals surface area contributed by atoms with Crippen LogP contribution in [0, 0.1) is 6.92 Å². The standard InChI is InChI=1S/C27H36O3/c1-19-8-11-21(12-9-19)27(29-6,30-7)18-22(28)16-20-10-13-23-24(17-20)26(4,5)15-14-25(23,2)3/h8-13,17H,14-16,18H2,1-7H3. The summed E-state index contributed by atoms with van der Waals surface area (Å²) < 4.78 is 11.5. The summed E-state index contributed by atoms with van der Waals surface area (Å²) in [5.41, 5.74) is 6.19. The largest absolute Gasteiger partial charge is 0.349 e. The molecular weight excluding hydrogens is 372 g/mol. The highest BCUT2D eigenvalue weighted by molar-refractivity contribution is 5.82. The van der Waals surface area contributed by atoms with Crippen molar-refractivity contribution in [1.29, 1.82) is 0 Å². The SMILES string of the molecule is COC(CC(=O)Cc1ccc2c(c1)C(C)(C)CCC2(C)C)(OC)c1ccc(C)cc1. The number of ketones is 1. The minimum absolute atomic E-state index is 0.104.